The third-order valence-corrected chi connectivity index (χ3v) is 4.70. The fourth-order valence-electron chi connectivity index (χ4n) is 2.88. The number of rotatable bonds is 3. The molecule has 2 rings (SSSR count). The van der Waals surface area contributed by atoms with Gasteiger partial charge in [-0.15, -0.1) is 0 Å². The van der Waals surface area contributed by atoms with E-state index in [0.29, 0.717) is 5.41 Å². The molecule has 0 amide bonds. The van der Waals surface area contributed by atoms with Crippen LogP contribution >= 0.6 is 0 Å². The van der Waals surface area contributed by atoms with E-state index in [2.05, 4.69) is 78.0 Å². The first-order valence-electron chi connectivity index (χ1n) is 7.88. The van der Waals surface area contributed by atoms with Gasteiger partial charge in [0.25, 0.3) is 0 Å². The highest BCUT2D eigenvalue weighted by Crippen LogP contribution is 2.53. The number of hydrogen-bond donors (Lipinski definition) is 1. The second-order valence-electron chi connectivity index (χ2n) is 8.78. The molecule has 112 valence electrons. The van der Waals surface area contributed by atoms with Crippen LogP contribution in [0.4, 0.5) is 0 Å². The molecule has 0 heterocycles. The van der Waals surface area contributed by atoms with Gasteiger partial charge >= 0.3 is 0 Å². The first-order valence-corrected chi connectivity index (χ1v) is 7.88. The summed E-state index contributed by atoms with van der Waals surface area (Å²) in [4.78, 5) is 0. The van der Waals surface area contributed by atoms with E-state index in [9.17, 15) is 0 Å². The van der Waals surface area contributed by atoms with E-state index in [1.807, 2.05) is 0 Å². The molecule has 1 N–H and O–H groups in total. The number of benzene rings is 1. The largest absolute Gasteiger partial charge is 0.312 e. The van der Waals surface area contributed by atoms with Crippen molar-refractivity contribution in [1.29, 1.82) is 0 Å². The van der Waals surface area contributed by atoms with Gasteiger partial charge in [0.2, 0.25) is 0 Å². The van der Waals surface area contributed by atoms with E-state index in [0.717, 1.165) is 12.5 Å². The lowest BCUT2D eigenvalue weighted by molar-refractivity contribution is 0.406. The summed E-state index contributed by atoms with van der Waals surface area (Å²) in [5.41, 5.74) is 3.78. The zero-order chi connectivity index (χ0) is 15.2. The van der Waals surface area contributed by atoms with E-state index >= 15 is 0 Å². The normalized spacial score (nSPS) is 26.6. The zero-order valence-electron chi connectivity index (χ0n) is 14.3. The van der Waals surface area contributed by atoms with E-state index in [4.69, 9.17) is 0 Å². The van der Waals surface area contributed by atoms with Crippen LogP contribution in [-0.2, 0) is 10.8 Å². The van der Waals surface area contributed by atoms with Gasteiger partial charge in [0, 0.05) is 5.54 Å². The van der Waals surface area contributed by atoms with Gasteiger partial charge in [-0.2, -0.15) is 0 Å². The van der Waals surface area contributed by atoms with Crippen molar-refractivity contribution in [2.24, 2.45) is 5.92 Å². The molecule has 1 heteroatoms. The Morgan fingerprint density at radius 2 is 1.60 bits per heavy atom. The lowest BCUT2D eigenvalue weighted by Gasteiger charge is -2.23. The van der Waals surface area contributed by atoms with Gasteiger partial charge in [-0.3, -0.25) is 0 Å². The van der Waals surface area contributed by atoms with Crippen molar-refractivity contribution in [3.63, 3.8) is 0 Å². The Balaban J connectivity index is 2.03. The third kappa shape index (κ3) is 3.44. The molecule has 0 spiro atoms. The lowest BCUT2D eigenvalue weighted by Crippen LogP contribution is -2.37. The Hall–Kier alpha value is -0.820. The molecule has 1 aliphatic carbocycles. The topological polar surface area (TPSA) is 12.0 Å². The summed E-state index contributed by atoms with van der Waals surface area (Å²) in [5.74, 6) is 0.780. The van der Waals surface area contributed by atoms with Crippen molar-refractivity contribution in [2.75, 3.05) is 6.54 Å². The van der Waals surface area contributed by atoms with Crippen molar-refractivity contribution < 1.29 is 0 Å². The predicted molar refractivity (Wildman–Crippen MR) is 88.4 cm³/mol. The Morgan fingerprint density at radius 3 is 2.05 bits per heavy atom. The number of nitrogens with one attached hydrogen (secondary N) is 1. The lowest BCUT2D eigenvalue weighted by atomic mass is 9.85. The molecule has 1 fully saturated rings. The predicted octanol–water partition coefficient (Wildman–Crippen LogP) is 4.65. The van der Waals surface area contributed by atoms with Gasteiger partial charge in [-0.1, -0.05) is 52.0 Å². The average Bonchev–Trinajstić information content (AvgIpc) is 2.98. The monoisotopic (exact) mass is 273 g/mol. The molecule has 20 heavy (non-hydrogen) atoms. The molecule has 0 aromatic heterocycles. The van der Waals surface area contributed by atoms with Gasteiger partial charge in [0.05, 0.1) is 0 Å². The van der Waals surface area contributed by atoms with E-state index in [1.54, 1.807) is 0 Å². The first kappa shape index (κ1) is 15.6. The third-order valence-electron chi connectivity index (χ3n) is 4.70. The maximum Gasteiger partial charge on any atom is 0.00966 e. The molecule has 1 aromatic carbocycles. The van der Waals surface area contributed by atoms with Crippen molar-refractivity contribution in [1.82, 2.24) is 5.32 Å². The van der Waals surface area contributed by atoms with Crippen LogP contribution in [0.15, 0.2) is 24.3 Å². The first-order chi connectivity index (χ1) is 9.02. The summed E-state index contributed by atoms with van der Waals surface area (Å²) in [7, 11) is 0. The molecule has 0 bridgehead atoms. The summed E-state index contributed by atoms with van der Waals surface area (Å²) in [6.07, 6.45) is 1.31. The second-order valence-corrected chi connectivity index (χ2v) is 8.78. The van der Waals surface area contributed by atoms with Gasteiger partial charge in [0.15, 0.2) is 0 Å². The molecule has 0 saturated heterocycles. The maximum absolute atomic E-state index is 3.64. The fourth-order valence-corrected chi connectivity index (χ4v) is 2.88. The van der Waals surface area contributed by atoms with Crippen LogP contribution in [0.5, 0.6) is 0 Å². The van der Waals surface area contributed by atoms with Gasteiger partial charge in [-0.05, 0) is 61.6 Å². The van der Waals surface area contributed by atoms with Crippen LogP contribution in [0.25, 0.3) is 0 Å². The minimum absolute atomic E-state index is 0.222. The summed E-state index contributed by atoms with van der Waals surface area (Å²) < 4.78 is 0. The van der Waals surface area contributed by atoms with Gasteiger partial charge in [-0.25, -0.2) is 0 Å². The molecular formula is C19H31N. The Labute approximate surface area is 125 Å². The molecular weight excluding hydrogens is 242 g/mol. The molecule has 1 nitrogen and oxygen atoms in total. The molecule has 1 aliphatic rings. The van der Waals surface area contributed by atoms with Crippen molar-refractivity contribution in [3.05, 3.63) is 35.4 Å². The van der Waals surface area contributed by atoms with Crippen LogP contribution in [0, 0.1) is 5.92 Å². The number of hydrogen-bond acceptors (Lipinski definition) is 1. The van der Waals surface area contributed by atoms with Crippen molar-refractivity contribution >= 4 is 0 Å². The van der Waals surface area contributed by atoms with E-state index in [-0.39, 0.29) is 11.0 Å². The minimum Gasteiger partial charge on any atom is -0.312 e. The van der Waals surface area contributed by atoms with Crippen LogP contribution in [0.1, 0.15) is 66.0 Å². The molecule has 1 aromatic rings. The SMILES string of the molecule is CC(C)(C)NCC1CC1(C)c1ccc(C(C)(C)C)cc1. The van der Waals surface area contributed by atoms with Crippen molar-refractivity contribution in [3.8, 4) is 0 Å². The summed E-state index contributed by atoms with van der Waals surface area (Å²) in [5, 5.41) is 3.64. The zero-order valence-corrected chi connectivity index (χ0v) is 14.3. The van der Waals surface area contributed by atoms with Crippen molar-refractivity contribution in [2.45, 2.75) is 71.3 Å². The molecule has 0 radical (unpaired) electrons. The summed E-state index contributed by atoms with van der Waals surface area (Å²) in [6.45, 7) is 17.1. The highest BCUT2D eigenvalue weighted by molar-refractivity contribution is 5.36. The van der Waals surface area contributed by atoms with E-state index < -0.39 is 0 Å². The molecule has 0 aliphatic heterocycles. The van der Waals surface area contributed by atoms with Crippen LogP contribution in [0.2, 0.25) is 0 Å². The summed E-state index contributed by atoms with van der Waals surface area (Å²) >= 11 is 0. The van der Waals surface area contributed by atoms with E-state index in [1.165, 1.54) is 17.5 Å². The Kier molecular flexibility index (Phi) is 3.79. The van der Waals surface area contributed by atoms with Gasteiger partial charge in [0.1, 0.15) is 0 Å². The maximum atomic E-state index is 3.64. The highest BCUT2D eigenvalue weighted by Gasteiger charge is 2.50. The van der Waals surface area contributed by atoms with Gasteiger partial charge < -0.3 is 5.32 Å². The minimum atomic E-state index is 0.222. The average molecular weight is 273 g/mol. The Morgan fingerprint density at radius 1 is 1.05 bits per heavy atom. The standard InChI is InChI=1S/C19H31N/c1-17(2,3)14-8-10-15(11-9-14)19(7)12-16(19)13-20-18(4,5)6/h8-11,16,20H,12-13H2,1-7H3. The second kappa shape index (κ2) is 4.87. The highest BCUT2D eigenvalue weighted by atomic mass is 15.0. The fraction of sp³-hybridized carbons (Fsp3) is 0.684. The Bertz CT molecular complexity index is 458. The van der Waals surface area contributed by atoms with Crippen LogP contribution in [-0.4, -0.2) is 12.1 Å². The smallest absolute Gasteiger partial charge is 0.00966 e. The molecule has 1 saturated carbocycles. The summed E-state index contributed by atoms with van der Waals surface area (Å²) in [6, 6.07) is 9.32. The molecule has 2 atom stereocenters. The van der Waals surface area contributed by atoms with Crippen LogP contribution < -0.4 is 5.32 Å². The quantitative estimate of drug-likeness (QED) is 0.845. The molecule has 2 unspecified atom stereocenters. The van der Waals surface area contributed by atoms with Crippen LogP contribution in [0.3, 0.4) is 0 Å².